The zero-order valence-corrected chi connectivity index (χ0v) is 15.0. The molecule has 1 fully saturated rings. The van der Waals surface area contributed by atoms with Crippen molar-refractivity contribution in [2.45, 2.75) is 30.7 Å². The fourth-order valence-corrected chi connectivity index (χ4v) is 3.74. The molecule has 0 spiro atoms. The highest BCUT2D eigenvalue weighted by Gasteiger charge is 2.16. The summed E-state index contributed by atoms with van der Waals surface area (Å²) in [5, 5.41) is 0. The summed E-state index contributed by atoms with van der Waals surface area (Å²) >= 11 is 0. The second-order valence-electron chi connectivity index (χ2n) is 5.90. The molecule has 1 aliphatic heterocycles. The molecule has 0 bridgehead atoms. The molecule has 1 saturated heterocycles. The van der Waals surface area contributed by atoms with E-state index >= 15 is 0 Å². The lowest BCUT2D eigenvalue weighted by molar-refractivity contribution is 0.414. The minimum absolute atomic E-state index is 0.123. The second-order valence-corrected chi connectivity index (χ2v) is 7.66. The van der Waals surface area contributed by atoms with Gasteiger partial charge in [0.15, 0.2) is 0 Å². The first-order chi connectivity index (χ1) is 12.1. The van der Waals surface area contributed by atoms with Crippen LogP contribution in [0.1, 0.15) is 25.0 Å². The Morgan fingerprint density at radius 3 is 2.52 bits per heavy atom. The Hall–Kier alpha value is -2.19. The molecule has 0 radical (unpaired) electrons. The second kappa shape index (κ2) is 7.79. The molecule has 8 heteroatoms. The van der Waals surface area contributed by atoms with Gasteiger partial charge < -0.3 is 9.64 Å². The number of methoxy groups -OCH3 is 1. The largest absolute Gasteiger partial charge is 0.497 e. The zero-order valence-electron chi connectivity index (χ0n) is 14.2. The third-order valence-corrected chi connectivity index (χ3v) is 5.57. The van der Waals surface area contributed by atoms with Gasteiger partial charge in [0.2, 0.25) is 16.0 Å². The third kappa shape index (κ3) is 4.46. The van der Waals surface area contributed by atoms with Crippen LogP contribution in [0.3, 0.4) is 0 Å². The number of sulfonamides is 1. The molecule has 1 N–H and O–H groups in total. The molecule has 134 valence electrons. The van der Waals surface area contributed by atoms with Crippen molar-refractivity contribution in [2.24, 2.45) is 0 Å². The molecular weight excluding hydrogens is 340 g/mol. The van der Waals surface area contributed by atoms with Gasteiger partial charge in [0, 0.05) is 19.3 Å². The van der Waals surface area contributed by atoms with E-state index in [1.165, 1.54) is 25.7 Å². The van der Waals surface area contributed by atoms with Crippen molar-refractivity contribution in [2.75, 3.05) is 25.1 Å². The summed E-state index contributed by atoms with van der Waals surface area (Å²) in [6, 6.07) is 7.99. The van der Waals surface area contributed by atoms with E-state index in [9.17, 15) is 8.42 Å². The quantitative estimate of drug-likeness (QED) is 0.846. The first kappa shape index (κ1) is 17.6. The first-order valence-corrected chi connectivity index (χ1v) is 9.77. The molecule has 0 amide bonds. The first-order valence-electron chi connectivity index (χ1n) is 8.29. The van der Waals surface area contributed by atoms with Gasteiger partial charge in [-0.15, -0.1) is 0 Å². The monoisotopic (exact) mass is 362 g/mol. The summed E-state index contributed by atoms with van der Waals surface area (Å²) in [6.45, 7) is 2.01. The van der Waals surface area contributed by atoms with Crippen LogP contribution in [-0.2, 0) is 16.6 Å². The van der Waals surface area contributed by atoms with Crippen LogP contribution in [0.5, 0.6) is 5.75 Å². The fourth-order valence-electron chi connectivity index (χ4n) is 2.74. The standard InChI is InChI=1S/C17H22N4O3S/c1-24-15-5-7-16(8-6-15)25(22,23)19-13-14-9-10-18-17(20-14)21-11-3-2-4-12-21/h5-10,19H,2-4,11-13H2,1H3. The normalized spacial score (nSPS) is 15.2. The third-order valence-electron chi connectivity index (χ3n) is 4.15. The summed E-state index contributed by atoms with van der Waals surface area (Å²) in [5.41, 5.74) is 0.646. The van der Waals surface area contributed by atoms with Gasteiger partial charge in [-0.05, 0) is 49.6 Å². The number of hydrogen-bond acceptors (Lipinski definition) is 6. The topological polar surface area (TPSA) is 84.4 Å². The summed E-state index contributed by atoms with van der Waals surface area (Å²) in [7, 11) is -2.06. The molecule has 2 aromatic rings. The predicted octanol–water partition coefficient (Wildman–Crippen LogP) is 1.95. The molecule has 25 heavy (non-hydrogen) atoms. The van der Waals surface area contributed by atoms with Crippen LogP contribution in [-0.4, -0.2) is 38.6 Å². The van der Waals surface area contributed by atoms with Gasteiger partial charge in [0.1, 0.15) is 5.75 Å². The van der Waals surface area contributed by atoms with Gasteiger partial charge >= 0.3 is 0 Å². The number of anilines is 1. The lowest BCUT2D eigenvalue weighted by Gasteiger charge is -2.26. The lowest BCUT2D eigenvalue weighted by Crippen LogP contribution is -2.31. The molecule has 2 heterocycles. The van der Waals surface area contributed by atoms with Crippen LogP contribution in [0.25, 0.3) is 0 Å². The SMILES string of the molecule is COc1ccc(S(=O)(=O)NCc2ccnc(N3CCCCC3)n2)cc1. The van der Waals surface area contributed by atoms with E-state index in [2.05, 4.69) is 19.6 Å². The molecule has 1 aromatic heterocycles. The van der Waals surface area contributed by atoms with Crippen LogP contribution in [0.4, 0.5) is 5.95 Å². The molecule has 3 rings (SSSR count). The molecule has 1 aromatic carbocycles. The molecular formula is C17H22N4O3S. The summed E-state index contributed by atoms with van der Waals surface area (Å²) < 4.78 is 32.4. The lowest BCUT2D eigenvalue weighted by atomic mass is 10.1. The summed E-state index contributed by atoms with van der Waals surface area (Å²) in [4.78, 5) is 11.1. The minimum atomic E-state index is -3.60. The molecule has 7 nitrogen and oxygen atoms in total. The van der Waals surface area contributed by atoms with Crippen molar-refractivity contribution in [3.63, 3.8) is 0 Å². The fraction of sp³-hybridized carbons (Fsp3) is 0.412. The van der Waals surface area contributed by atoms with Crippen molar-refractivity contribution >= 4 is 16.0 Å². The smallest absolute Gasteiger partial charge is 0.240 e. The van der Waals surface area contributed by atoms with Gasteiger partial charge in [-0.2, -0.15) is 0 Å². The van der Waals surface area contributed by atoms with E-state index in [0.717, 1.165) is 25.9 Å². The Morgan fingerprint density at radius 2 is 1.84 bits per heavy atom. The van der Waals surface area contributed by atoms with E-state index < -0.39 is 10.0 Å². The Kier molecular flexibility index (Phi) is 5.50. The summed E-state index contributed by atoms with van der Waals surface area (Å²) in [6.07, 6.45) is 5.18. The molecule has 0 aliphatic carbocycles. The highest BCUT2D eigenvalue weighted by Crippen LogP contribution is 2.17. The number of ether oxygens (including phenoxy) is 1. The van der Waals surface area contributed by atoms with E-state index in [-0.39, 0.29) is 11.4 Å². The predicted molar refractivity (Wildman–Crippen MR) is 95.1 cm³/mol. The number of aromatic nitrogens is 2. The molecule has 0 unspecified atom stereocenters. The molecule has 0 atom stereocenters. The Balaban J connectivity index is 1.67. The van der Waals surface area contributed by atoms with Gasteiger partial charge in [-0.25, -0.2) is 23.1 Å². The van der Waals surface area contributed by atoms with Crippen LogP contribution in [0.2, 0.25) is 0 Å². The number of rotatable bonds is 6. The average Bonchev–Trinajstić information content (AvgIpc) is 2.67. The van der Waals surface area contributed by atoms with Gasteiger partial charge in [-0.3, -0.25) is 0 Å². The Labute approximate surface area is 148 Å². The maximum absolute atomic E-state index is 12.4. The number of piperidine rings is 1. The summed E-state index contributed by atoms with van der Waals surface area (Å²) in [5.74, 6) is 1.28. The minimum Gasteiger partial charge on any atom is -0.497 e. The maximum Gasteiger partial charge on any atom is 0.240 e. The van der Waals surface area contributed by atoms with Gasteiger partial charge in [0.25, 0.3) is 0 Å². The highest BCUT2D eigenvalue weighted by atomic mass is 32.2. The number of benzene rings is 1. The van der Waals surface area contributed by atoms with Gasteiger partial charge in [0.05, 0.1) is 24.2 Å². The number of nitrogens with zero attached hydrogens (tertiary/aromatic N) is 3. The average molecular weight is 362 g/mol. The van der Waals surface area contributed by atoms with Crippen molar-refractivity contribution in [3.8, 4) is 5.75 Å². The number of hydrogen-bond donors (Lipinski definition) is 1. The highest BCUT2D eigenvalue weighted by molar-refractivity contribution is 7.89. The molecule has 0 saturated carbocycles. The van der Waals surface area contributed by atoms with E-state index in [1.54, 1.807) is 24.4 Å². The van der Waals surface area contributed by atoms with Crippen LogP contribution >= 0.6 is 0 Å². The van der Waals surface area contributed by atoms with Gasteiger partial charge in [-0.1, -0.05) is 0 Å². The van der Waals surface area contributed by atoms with Crippen molar-refractivity contribution in [1.82, 2.24) is 14.7 Å². The number of nitrogens with one attached hydrogen (secondary N) is 1. The van der Waals surface area contributed by atoms with E-state index in [0.29, 0.717) is 17.4 Å². The van der Waals surface area contributed by atoms with Crippen LogP contribution in [0, 0.1) is 0 Å². The van der Waals surface area contributed by atoms with Crippen LogP contribution < -0.4 is 14.4 Å². The van der Waals surface area contributed by atoms with E-state index in [4.69, 9.17) is 4.74 Å². The van der Waals surface area contributed by atoms with Crippen molar-refractivity contribution in [1.29, 1.82) is 0 Å². The zero-order chi connectivity index (χ0) is 17.7. The van der Waals surface area contributed by atoms with Crippen molar-refractivity contribution < 1.29 is 13.2 Å². The van der Waals surface area contributed by atoms with E-state index in [1.807, 2.05) is 0 Å². The Bertz CT molecular complexity index is 803. The molecule has 1 aliphatic rings. The van der Waals surface area contributed by atoms with Crippen LogP contribution in [0.15, 0.2) is 41.4 Å². The van der Waals surface area contributed by atoms with Crippen molar-refractivity contribution in [3.05, 3.63) is 42.2 Å². The Morgan fingerprint density at radius 1 is 1.12 bits per heavy atom. The maximum atomic E-state index is 12.4.